The Kier molecular flexibility index (Phi) is 7.29. The molecule has 0 fully saturated rings. The van der Waals surface area contributed by atoms with Crippen molar-refractivity contribution in [2.45, 2.75) is 65.3 Å². The molecule has 0 saturated heterocycles. The van der Waals surface area contributed by atoms with Crippen molar-refractivity contribution in [2.24, 2.45) is 7.05 Å². The van der Waals surface area contributed by atoms with Gasteiger partial charge >= 0.3 is 5.97 Å². The summed E-state index contributed by atoms with van der Waals surface area (Å²) in [5, 5.41) is 12.3. The molecular weight excluding hydrogens is 404 g/mol. The molecule has 2 heterocycles. The number of nitrogens with one attached hydrogen (secondary N) is 2. The van der Waals surface area contributed by atoms with Crippen LogP contribution in [0.15, 0.2) is 6.20 Å². The summed E-state index contributed by atoms with van der Waals surface area (Å²) >= 11 is 7.21. The van der Waals surface area contributed by atoms with Gasteiger partial charge in [-0.2, -0.15) is 5.10 Å². The van der Waals surface area contributed by atoms with Gasteiger partial charge in [0.1, 0.15) is 5.00 Å². The highest BCUT2D eigenvalue weighted by atomic mass is 32.1. The summed E-state index contributed by atoms with van der Waals surface area (Å²) in [4.78, 5) is 14.0. The summed E-state index contributed by atoms with van der Waals surface area (Å²) in [6.45, 7) is 6.24. The van der Waals surface area contributed by atoms with Crippen LogP contribution in [0.2, 0.25) is 0 Å². The van der Waals surface area contributed by atoms with Crippen molar-refractivity contribution < 1.29 is 9.53 Å². The minimum atomic E-state index is -0.257. The Labute approximate surface area is 182 Å². The maximum Gasteiger partial charge on any atom is 0.341 e. The molecule has 0 saturated carbocycles. The zero-order valence-electron chi connectivity index (χ0n) is 17.6. The largest absolute Gasteiger partial charge is 0.462 e. The first-order valence-electron chi connectivity index (χ1n) is 10.3. The second-order valence-electron chi connectivity index (χ2n) is 7.51. The van der Waals surface area contributed by atoms with Crippen molar-refractivity contribution in [1.29, 1.82) is 0 Å². The predicted molar refractivity (Wildman–Crippen MR) is 122 cm³/mol. The fourth-order valence-electron chi connectivity index (χ4n) is 3.88. The zero-order valence-corrected chi connectivity index (χ0v) is 19.3. The van der Waals surface area contributed by atoms with E-state index in [1.165, 1.54) is 17.7 Å². The van der Waals surface area contributed by atoms with E-state index in [1.54, 1.807) is 16.0 Å². The standard InChI is InChI=1S/C21H30N4O2S2/c1-5-27-20(26)18-15-10-8-6-7-9-11-17(15)29-19(18)23-21(28)22-13(2)16-12-25(4)24-14(16)3/h12-13H,5-11H2,1-4H3,(H2,22,23,28). The third-order valence-corrected chi connectivity index (χ3v) is 6.67. The molecule has 2 aromatic heterocycles. The number of carbonyl (C=O) groups excluding carboxylic acids is 1. The zero-order chi connectivity index (χ0) is 21.0. The van der Waals surface area contributed by atoms with Crippen LogP contribution >= 0.6 is 23.6 Å². The molecule has 0 aliphatic heterocycles. The van der Waals surface area contributed by atoms with Gasteiger partial charge in [0, 0.05) is 23.7 Å². The van der Waals surface area contributed by atoms with Crippen molar-refractivity contribution in [3.8, 4) is 0 Å². The van der Waals surface area contributed by atoms with E-state index >= 15 is 0 Å². The first-order chi connectivity index (χ1) is 13.9. The van der Waals surface area contributed by atoms with Crippen LogP contribution in [0.5, 0.6) is 0 Å². The first-order valence-corrected chi connectivity index (χ1v) is 11.5. The number of carbonyl (C=O) groups is 1. The molecule has 1 atom stereocenters. The number of anilines is 1. The number of esters is 1. The van der Waals surface area contributed by atoms with Gasteiger partial charge in [-0.1, -0.05) is 12.8 Å². The molecule has 2 N–H and O–H groups in total. The Bertz CT molecular complexity index is 888. The number of hydrogen-bond acceptors (Lipinski definition) is 5. The highest BCUT2D eigenvalue weighted by molar-refractivity contribution is 7.80. The van der Waals surface area contributed by atoms with Gasteiger partial charge in [0.05, 0.1) is 23.9 Å². The smallest absolute Gasteiger partial charge is 0.341 e. The molecule has 1 aliphatic carbocycles. The van der Waals surface area contributed by atoms with E-state index in [0.29, 0.717) is 17.3 Å². The van der Waals surface area contributed by atoms with Crippen LogP contribution in [0.1, 0.15) is 77.6 Å². The Morgan fingerprint density at radius 3 is 2.72 bits per heavy atom. The van der Waals surface area contributed by atoms with Crippen molar-refractivity contribution in [1.82, 2.24) is 15.1 Å². The summed E-state index contributed by atoms with van der Waals surface area (Å²) in [7, 11) is 1.91. The highest BCUT2D eigenvalue weighted by Crippen LogP contribution is 2.37. The van der Waals surface area contributed by atoms with Crippen LogP contribution in [0.3, 0.4) is 0 Å². The Morgan fingerprint density at radius 2 is 2.07 bits per heavy atom. The van der Waals surface area contributed by atoms with Gasteiger partial charge in [0.2, 0.25) is 0 Å². The second-order valence-corrected chi connectivity index (χ2v) is 9.02. The van der Waals surface area contributed by atoms with Crippen molar-refractivity contribution >= 4 is 39.6 Å². The predicted octanol–water partition coefficient (Wildman–Crippen LogP) is 4.67. The number of aromatic nitrogens is 2. The Balaban J connectivity index is 1.81. The normalized spacial score (nSPS) is 15.0. The number of nitrogens with zero attached hydrogens (tertiary/aromatic N) is 2. The minimum absolute atomic E-state index is 0.00994. The summed E-state index contributed by atoms with van der Waals surface area (Å²) in [5.74, 6) is -0.257. The van der Waals surface area contributed by atoms with Crippen molar-refractivity contribution in [2.75, 3.05) is 11.9 Å². The number of thiocarbonyl (C=S) groups is 1. The summed E-state index contributed by atoms with van der Waals surface area (Å²) < 4.78 is 7.17. The molecule has 6 nitrogen and oxygen atoms in total. The van der Waals surface area contributed by atoms with Crippen molar-refractivity contribution in [3.63, 3.8) is 0 Å². The average molecular weight is 435 g/mol. The molecule has 29 heavy (non-hydrogen) atoms. The van der Waals surface area contributed by atoms with E-state index in [2.05, 4.69) is 22.7 Å². The van der Waals surface area contributed by atoms with Gasteiger partial charge in [-0.25, -0.2) is 4.79 Å². The van der Waals surface area contributed by atoms with E-state index in [9.17, 15) is 4.79 Å². The van der Waals surface area contributed by atoms with Gasteiger partial charge in [0.25, 0.3) is 0 Å². The van der Waals surface area contributed by atoms with Crippen LogP contribution in [0, 0.1) is 6.92 Å². The molecule has 0 radical (unpaired) electrons. The summed E-state index contributed by atoms with van der Waals surface area (Å²) in [6.07, 6.45) is 8.66. The molecule has 2 aromatic rings. The molecule has 1 unspecified atom stereocenters. The third kappa shape index (κ3) is 5.17. The molecule has 3 rings (SSSR count). The van der Waals surface area contributed by atoms with E-state index in [1.807, 2.05) is 27.1 Å². The molecule has 0 aromatic carbocycles. The third-order valence-electron chi connectivity index (χ3n) is 5.24. The topological polar surface area (TPSA) is 68.2 Å². The molecule has 0 amide bonds. The van der Waals surface area contributed by atoms with Gasteiger partial charge in [-0.05, 0) is 64.2 Å². The lowest BCUT2D eigenvalue weighted by atomic mass is 9.96. The van der Waals surface area contributed by atoms with Crippen LogP contribution < -0.4 is 10.6 Å². The van der Waals surface area contributed by atoms with Crippen LogP contribution in [-0.2, 0) is 24.6 Å². The van der Waals surface area contributed by atoms with E-state index in [4.69, 9.17) is 17.0 Å². The first kappa shape index (κ1) is 21.8. The van der Waals surface area contributed by atoms with E-state index in [0.717, 1.165) is 47.5 Å². The number of fused-ring (bicyclic) bond motifs is 1. The van der Waals surface area contributed by atoms with Gasteiger partial charge < -0.3 is 15.4 Å². The molecule has 0 spiro atoms. The van der Waals surface area contributed by atoms with E-state index < -0.39 is 0 Å². The molecular formula is C21H30N4O2S2. The number of aryl methyl sites for hydroxylation is 3. The maximum atomic E-state index is 12.7. The summed E-state index contributed by atoms with van der Waals surface area (Å²) in [5.41, 5.74) is 3.89. The fourth-order valence-corrected chi connectivity index (χ4v) is 5.51. The van der Waals surface area contributed by atoms with Crippen LogP contribution in [0.4, 0.5) is 5.00 Å². The van der Waals surface area contributed by atoms with Gasteiger partial charge in [-0.15, -0.1) is 11.3 Å². The second kappa shape index (κ2) is 9.71. The number of ether oxygens (including phenoxy) is 1. The average Bonchev–Trinajstić information content (AvgIpc) is 3.14. The van der Waals surface area contributed by atoms with Crippen LogP contribution in [0.25, 0.3) is 0 Å². The van der Waals surface area contributed by atoms with Crippen molar-refractivity contribution in [3.05, 3.63) is 33.5 Å². The lowest BCUT2D eigenvalue weighted by molar-refractivity contribution is 0.0526. The monoisotopic (exact) mass is 434 g/mol. The molecule has 1 aliphatic rings. The van der Waals surface area contributed by atoms with E-state index in [-0.39, 0.29) is 12.0 Å². The lowest BCUT2D eigenvalue weighted by Gasteiger charge is -2.17. The van der Waals surface area contributed by atoms with Crippen LogP contribution in [-0.4, -0.2) is 27.5 Å². The van der Waals surface area contributed by atoms with Gasteiger partial charge in [-0.3, -0.25) is 4.68 Å². The number of rotatable bonds is 5. The number of hydrogen-bond donors (Lipinski definition) is 2. The lowest BCUT2D eigenvalue weighted by Crippen LogP contribution is -2.31. The Hall–Kier alpha value is -1.93. The quantitative estimate of drug-likeness (QED) is 0.526. The Morgan fingerprint density at radius 1 is 1.34 bits per heavy atom. The molecule has 8 heteroatoms. The minimum Gasteiger partial charge on any atom is -0.462 e. The van der Waals surface area contributed by atoms with Gasteiger partial charge in [0.15, 0.2) is 5.11 Å². The fraction of sp³-hybridized carbons (Fsp3) is 0.571. The highest BCUT2D eigenvalue weighted by Gasteiger charge is 2.26. The summed E-state index contributed by atoms with van der Waals surface area (Å²) in [6, 6.07) is 0.00994. The SMILES string of the molecule is CCOC(=O)c1c(NC(=S)NC(C)c2cn(C)nc2C)sc2c1CCCCCC2. The number of thiophene rings is 1. The maximum absolute atomic E-state index is 12.7. The molecule has 0 bridgehead atoms. The molecule has 158 valence electrons.